The van der Waals surface area contributed by atoms with Crippen LogP contribution in [-0.4, -0.2) is 46.3 Å². The summed E-state index contributed by atoms with van der Waals surface area (Å²) in [5.74, 6) is -0.818. The Kier molecular flexibility index (Phi) is 5.53. The monoisotopic (exact) mass is 460 g/mol. The van der Waals surface area contributed by atoms with E-state index < -0.39 is 17.8 Å². The SMILES string of the molecule is CCC(C(N)=O)N1CC(=O)c2c(nc(Cc3ccc(OC)c(F)c3)c3[nH]c4ccccc4c23)C1. The maximum atomic E-state index is 14.4. The van der Waals surface area contributed by atoms with E-state index in [4.69, 9.17) is 15.5 Å². The molecule has 0 aliphatic carbocycles. The number of benzene rings is 2. The number of nitrogens with zero attached hydrogens (tertiary/aromatic N) is 2. The van der Waals surface area contributed by atoms with Crippen LogP contribution in [0.1, 0.15) is 40.7 Å². The van der Waals surface area contributed by atoms with Crippen molar-refractivity contribution in [2.45, 2.75) is 32.4 Å². The van der Waals surface area contributed by atoms with Gasteiger partial charge in [-0.25, -0.2) is 4.39 Å². The van der Waals surface area contributed by atoms with E-state index in [-0.39, 0.29) is 18.1 Å². The molecule has 2 aromatic carbocycles. The third kappa shape index (κ3) is 3.60. The molecule has 4 aromatic rings. The summed E-state index contributed by atoms with van der Waals surface area (Å²) in [5, 5.41) is 1.75. The number of aromatic amines is 1. The second-order valence-electron chi connectivity index (χ2n) is 8.60. The van der Waals surface area contributed by atoms with Crippen LogP contribution in [0, 0.1) is 5.82 Å². The molecule has 8 heteroatoms. The molecule has 1 aliphatic rings. The highest BCUT2D eigenvalue weighted by Gasteiger charge is 2.34. The Morgan fingerprint density at radius 3 is 2.76 bits per heavy atom. The first-order valence-electron chi connectivity index (χ1n) is 11.2. The van der Waals surface area contributed by atoms with Gasteiger partial charge in [0.25, 0.3) is 0 Å². The van der Waals surface area contributed by atoms with Gasteiger partial charge in [0, 0.05) is 29.3 Å². The van der Waals surface area contributed by atoms with Crippen molar-refractivity contribution in [2.24, 2.45) is 5.73 Å². The summed E-state index contributed by atoms with van der Waals surface area (Å²) in [7, 11) is 1.43. The van der Waals surface area contributed by atoms with Gasteiger partial charge in [-0.05, 0) is 30.2 Å². The first-order valence-corrected chi connectivity index (χ1v) is 11.2. The lowest BCUT2D eigenvalue weighted by Crippen LogP contribution is -2.48. The third-order valence-electron chi connectivity index (χ3n) is 6.53. The number of rotatable bonds is 6. The number of pyridine rings is 1. The van der Waals surface area contributed by atoms with Crippen LogP contribution in [0.15, 0.2) is 42.5 Å². The number of ketones is 1. The first kappa shape index (κ1) is 22.0. The first-order chi connectivity index (χ1) is 16.4. The van der Waals surface area contributed by atoms with E-state index in [1.54, 1.807) is 17.0 Å². The largest absolute Gasteiger partial charge is 0.494 e. The number of hydrogen-bond donors (Lipinski definition) is 2. The number of amides is 1. The van der Waals surface area contributed by atoms with Gasteiger partial charge < -0.3 is 15.5 Å². The summed E-state index contributed by atoms with van der Waals surface area (Å²) in [6, 6.07) is 12.1. The fourth-order valence-electron chi connectivity index (χ4n) is 4.96. The van der Waals surface area contributed by atoms with Crippen LogP contribution in [0.3, 0.4) is 0 Å². The molecule has 7 nitrogen and oxygen atoms in total. The Hall–Kier alpha value is -3.78. The number of fused-ring (bicyclic) bond motifs is 5. The lowest BCUT2D eigenvalue weighted by atomic mass is 9.94. The molecule has 0 saturated heterocycles. The lowest BCUT2D eigenvalue weighted by Gasteiger charge is -2.32. The van der Waals surface area contributed by atoms with Crippen LogP contribution >= 0.6 is 0 Å². The van der Waals surface area contributed by atoms with Crippen LogP contribution in [-0.2, 0) is 17.8 Å². The summed E-state index contributed by atoms with van der Waals surface area (Å²) >= 11 is 0. The average Bonchev–Trinajstić information content (AvgIpc) is 3.19. The Morgan fingerprint density at radius 1 is 1.26 bits per heavy atom. The topological polar surface area (TPSA) is 101 Å². The molecule has 0 saturated carbocycles. The average molecular weight is 461 g/mol. The van der Waals surface area contributed by atoms with E-state index in [2.05, 4.69) is 4.98 Å². The normalized spacial score (nSPS) is 15.0. The Labute approximate surface area is 195 Å². The Bertz CT molecular complexity index is 1450. The van der Waals surface area contributed by atoms with Gasteiger partial charge in [0.15, 0.2) is 17.3 Å². The molecule has 3 heterocycles. The number of aromatic nitrogens is 2. The zero-order chi connectivity index (χ0) is 24.0. The molecule has 0 spiro atoms. The third-order valence-corrected chi connectivity index (χ3v) is 6.53. The number of carbonyl (C=O) groups excluding carboxylic acids is 2. The number of carbonyl (C=O) groups is 2. The van der Waals surface area contributed by atoms with Crippen LogP contribution in [0.25, 0.3) is 21.8 Å². The van der Waals surface area contributed by atoms with Crippen molar-refractivity contribution in [3.63, 3.8) is 0 Å². The zero-order valence-corrected chi connectivity index (χ0v) is 19.0. The second-order valence-corrected chi connectivity index (χ2v) is 8.60. The summed E-state index contributed by atoms with van der Waals surface area (Å²) in [4.78, 5) is 35.4. The van der Waals surface area contributed by atoms with Gasteiger partial charge in [0.2, 0.25) is 5.91 Å². The number of methoxy groups -OCH3 is 1. The standard InChI is InChI=1S/C26H25FN4O3/c1-3-20(26(28)33)31-12-19-24(21(32)13-31)23-15-6-4-5-7-17(15)30-25(23)18(29-19)11-14-8-9-22(34-2)16(27)10-14/h4-10,20,30H,3,11-13H2,1-2H3,(H2,28,33). The summed E-state index contributed by atoms with van der Waals surface area (Å²) < 4.78 is 19.4. The van der Waals surface area contributed by atoms with Crippen molar-refractivity contribution in [1.29, 1.82) is 0 Å². The van der Waals surface area contributed by atoms with Gasteiger partial charge in [0.05, 0.1) is 42.2 Å². The molecule has 0 bridgehead atoms. The predicted octanol–water partition coefficient (Wildman–Crippen LogP) is 3.72. The van der Waals surface area contributed by atoms with Crippen LogP contribution in [0.2, 0.25) is 0 Å². The van der Waals surface area contributed by atoms with Crippen LogP contribution in [0.4, 0.5) is 4.39 Å². The molecule has 0 radical (unpaired) electrons. The van der Waals surface area contributed by atoms with E-state index in [9.17, 15) is 14.0 Å². The molecule has 1 amide bonds. The van der Waals surface area contributed by atoms with Crippen molar-refractivity contribution in [3.8, 4) is 5.75 Å². The number of para-hydroxylation sites is 1. The zero-order valence-electron chi connectivity index (χ0n) is 19.0. The molecule has 34 heavy (non-hydrogen) atoms. The van der Waals surface area contributed by atoms with Gasteiger partial charge in [0.1, 0.15) is 0 Å². The lowest BCUT2D eigenvalue weighted by molar-refractivity contribution is -0.123. The van der Waals surface area contributed by atoms with E-state index in [0.717, 1.165) is 27.4 Å². The minimum Gasteiger partial charge on any atom is -0.494 e. The number of nitrogens with two attached hydrogens (primary N) is 1. The van der Waals surface area contributed by atoms with Gasteiger partial charge in [-0.2, -0.15) is 0 Å². The number of hydrogen-bond acceptors (Lipinski definition) is 5. The summed E-state index contributed by atoms with van der Waals surface area (Å²) in [6.07, 6.45) is 0.865. The molecule has 2 aromatic heterocycles. The smallest absolute Gasteiger partial charge is 0.234 e. The van der Waals surface area contributed by atoms with E-state index in [0.29, 0.717) is 36.3 Å². The molecule has 1 aliphatic heterocycles. The highest BCUT2D eigenvalue weighted by molar-refractivity contribution is 6.20. The van der Waals surface area contributed by atoms with E-state index >= 15 is 0 Å². The maximum Gasteiger partial charge on any atom is 0.234 e. The number of halogens is 1. The quantitative estimate of drug-likeness (QED) is 0.457. The van der Waals surface area contributed by atoms with Crippen molar-refractivity contribution in [3.05, 3.63) is 70.8 Å². The highest BCUT2D eigenvalue weighted by atomic mass is 19.1. The van der Waals surface area contributed by atoms with Gasteiger partial charge >= 0.3 is 0 Å². The molecule has 174 valence electrons. The molecular formula is C26H25FN4O3. The molecule has 5 rings (SSSR count). The predicted molar refractivity (Wildman–Crippen MR) is 127 cm³/mol. The number of nitrogens with one attached hydrogen (secondary N) is 1. The van der Waals surface area contributed by atoms with Gasteiger partial charge in [-0.3, -0.25) is 19.5 Å². The Morgan fingerprint density at radius 2 is 2.06 bits per heavy atom. The molecule has 3 N–H and O–H groups in total. The minimum atomic E-state index is -0.545. The van der Waals surface area contributed by atoms with Crippen molar-refractivity contribution >= 4 is 33.5 Å². The number of ether oxygens (including phenoxy) is 1. The molecule has 1 atom stereocenters. The maximum absolute atomic E-state index is 14.4. The summed E-state index contributed by atoms with van der Waals surface area (Å²) in [6.45, 7) is 2.31. The Balaban J connectivity index is 1.69. The fourth-order valence-corrected chi connectivity index (χ4v) is 4.96. The summed E-state index contributed by atoms with van der Waals surface area (Å²) in [5.41, 5.74) is 9.88. The van der Waals surface area contributed by atoms with Gasteiger partial charge in [-0.15, -0.1) is 0 Å². The van der Waals surface area contributed by atoms with E-state index in [1.165, 1.54) is 13.2 Å². The van der Waals surface area contributed by atoms with Crippen LogP contribution < -0.4 is 10.5 Å². The van der Waals surface area contributed by atoms with Crippen LogP contribution in [0.5, 0.6) is 5.75 Å². The van der Waals surface area contributed by atoms with Crippen molar-refractivity contribution in [1.82, 2.24) is 14.9 Å². The molecule has 0 fully saturated rings. The number of primary amides is 1. The molecular weight excluding hydrogens is 435 g/mol. The minimum absolute atomic E-state index is 0.0924. The second kappa shape index (κ2) is 8.53. The fraction of sp³-hybridized carbons (Fsp3) is 0.269. The van der Waals surface area contributed by atoms with Gasteiger partial charge in [-0.1, -0.05) is 31.2 Å². The number of Topliss-reactive ketones (excluding diaryl/α,β-unsaturated/α-hetero) is 1. The highest BCUT2D eigenvalue weighted by Crippen LogP contribution is 2.35. The number of H-pyrrole nitrogens is 1. The van der Waals surface area contributed by atoms with Crippen molar-refractivity contribution < 1.29 is 18.7 Å². The van der Waals surface area contributed by atoms with E-state index in [1.807, 2.05) is 31.2 Å². The molecule has 1 unspecified atom stereocenters. The van der Waals surface area contributed by atoms with Crippen molar-refractivity contribution in [2.75, 3.05) is 13.7 Å².